The molecule has 4 saturated carbocycles. The minimum Gasteiger partial charge on any atom is -0.103 e. The van der Waals surface area contributed by atoms with Gasteiger partial charge in [0, 0.05) is 0 Å². The molecular weight excluding hydrogens is 204 g/mol. The molecule has 0 spiro atoms. The highest BCUT2D eigenvalue weighted by atomic mass is 14.6. The summed E-state index contributed by atoms with van der Waals surface area (Å²) in [5, 5.41) is 0. The molecule has 0 aliphatic heterocycles. The fraction of sp³-hybridized carbons (Fsp3) is 0.765. The molecule has 5 aliphatic carbocycles. The lowest BCUT2D eigenvalue weighted by Gasteiger charge is -2.16. The quantitative estimate of drug-likeness (QED) is 0.582. The summed E-state index contributed by atoms with van der Waals surface area (Å²) in [5.41, 5.74) is 0. The van der Waals surface area contributed by atoms with Gasteiger partial charge in [-0.25, -0.2) is 0 Å². The van der Waals surface area contributed by atoms with Gasteiger partial charge in [0.2, 0.25) is 0 Å². The topological polar surface area (TPSA) is 0 Å². The summed E-state index contributed by atoms with van der Waals surface area (Å²) < 4.78 is 0. The van der Waals surface area contributed by atoms with Crippen molar-refractivity contribution in [3.8, 4) is 0 Å². The molecule has 0 nitrogen and oxygen atoms in total. The van der Waals surface area contributed by atoms with Crippen LogP contribution in [0.25, 0.3) is 0 Å². The number of hydrogen-bond acceptors (Lipinski definition) is 0. The van der Waals surface area contributed by atoms with Gasteiger partial charge in [0.1, 0.15) is 0 Å². The second-order valence-corrected chi connectivity index (χ2v) is 7.08. The second kappa shape index (κ2) is 3.73. The Kier molecular flexibility index (Phi) is 2.29. The molecule has 92 valence electrons. The summed E-state index contributed by atoms with van der Waals surface area (Å²) in [6.45, 7) is 3.84. The van der Waals surface area contributed by atoms with Crippen LogP contribution < -0.4 is 0 Å². The molecule has 0 radical (unpaired) electrons. The molecular formula is C17H24. The molecule has 7 atom stereocenters. The fourth-order valence-electron chi connectivity index (χ4n) is 4.71. The van der Waals surface area contributed by atoms with Crippen LogP contribution in [0.4, 0.5) is 0 Å². The molecule has 5 rings (SSSR count). The van der Waals surface area contributed by atoms with E-state index in [-0.39, 0.29) is 0 Å². The van der Waals surface area contributed by atoms with Gasteiger partial charge in [-0.1, -0.05) is 18.2 Å². The molecule has 7 unspecified atom stereocenters. The third-order valence-electron chi connectivity index (χ3n) is 6.06. The van der Waals surface area contributed by atoms with Gasteiger partial charge in [-0.05, 0) is 80.0 Å². The zero-order valence-electron chi connectivity index (χ0n) is 10.7. The van der Waals surface area contributed by atoms with Crippen molar-refractivity contribution in [2.75, 3.05) is 0 Å². The van der Waals surface area contributed by atoms with E-state index in [2.05, 4.69) is 24.8 Å². The first-order chi connectivity index (χ1) is 8.35. The van der Waals surface area contributed by atoms with E-state index in [1.54, 1.807) is 6.42 Å². The molecule has 17 heavy (non-hydrogen) atoms. The average molecular weight is 228 g/mol. The van der Waals surface area contributed by atoms with Gasteiger partial charge in [0.25, 0.3) is 0 Å². The van der Waals surface area contributed by atoms with E-state index >= 15 is 0 Å². The summed E-state index contributed by atoms with van der Waals surface area (Å²) in [4.78, 5) is 0. The maximum Gasteiger partial charge on any atom is -0.0196 e. The minimum absolute atomic E-state index is 0.869. The van der Waals surface area contributed by atoms with Crippen LogP contribution in [-0.4, -0.2) is 0 Å². The first-order valence-corrected chi connectivity index (χ1v) is 7.66. The van der Waals surface area contributed by atoms with Crippen LogP contribution in [0.3, 0.4) is 0 Å². The highest BCUT2D eigenvalue weighted by molar-refractivity contribution is 5.20. The molecule has 0 saturated heterocycles. The Balaban J connectivity index is 0.0000000944. The van der Waals surface area contributed by atoms with E-state index in [4.69, 9.17) is 0 Å². The standard InChI is InChI=1S/C9H14.C8H10/c1-2-7-3-4-8-6-9(8)5-7;1-2-6-3-5(1)7-4-8(6)7/h2,7-9H,1,3-6H2;1-2,5-8H,3-4H2. The molecule has 0 amide bonds. The van der Waals surface area contributed by atoms with Gasteiger partial charge in [-0.15, -0.1) is 6.58 Å². The predicted molar refractivity (Wildman–Crippen MR) is 71.5 cm³/mol. The SMILES string of the molecule is C1=CC2CC1C1CC21.C=CC1CCC2CC2C1. The molecule has 5 aliphatic rings. The first-order valence-electron chi connectivity index (χ1n) is 7.66. The van der Waals surface area contributed by atoms with E-state index in [1.807, 2.05) is 0 Å². The summed E-state index contributed by atoms with van der Waals surface area (Å²) in [5.74, 6) is 7.50. The van der Waals surface area contributed by atoms with Gasteiger partial charge >= 0.3 is 0 Å². The Hall–Kier alpha value is -0.520. The smallest absolute Gasteiger partial charge is 0.0196 e. The summed E-state index contributed by atoms with van der Waals surface area (Å²) in [7, 11) is 0. The van der Waals surface area contributed by atoms with Gasteiger partial charge in [0.15, 0.2) is 0 Å². The van der Waals surface area contributed by atoms with Crippen molar-refractivity contribution in [2.24, 2.45) is 41.4 Å². The maximum absolute atomic E-state index is 3.84. The monoisotopic (exact) mass is 228 g/mol. The molecule has 0 N–H and O–H groups in total. The lowest BCUT2D eigenvalue weighted by Crippen LogP contribution is -2.04. The van der Waals surface area contributed by atoms with Crippen LogP contribution >= 0.6 is 0 Å². The maximum atomic E-state index is 3.84. The van der Waals surface area contributed by atoms with Crippen molar-refractivity contribution in [3.05, 3.63) is 24.8 Å². The molecule has 0 heterocycles. The first kappa shape index (κ1) is 10.4. The average Bonchev–Trinajstić information content (AvgIpc) is 3.27. The molecule has 4 fully saturated rings. The van der Waals surface area contributed by atoms with Crippen molar-refractivity contribution in [2.45, 2.75) is 38.5 Å². The van der Waals surface area contributed by atoms with E-state index < -0.39 is 0 Å². The Bertz CT molecular complexity index is 337. The minimum atomic E-state index is 0.869. The van der Waals surface area contributed by atoms with Crippen LogP contribution in [0.2, 0.25) is 0 Å². The zero-order chi connectivity index (χ0) is 11.4. The molecule has 0 aromatic heterocycles. The summed E-state index contributed by atoms with van der Waals surface area (Å²) in [6.07, 6.45) is 16.0. The number of allylic oxidation sites excluding steroid dienone is 3. The number of rotatable bonds is 1. The van der Waals surface area contributed by atoms with E-state index in [1.165, 1.54) is 32.1 Å². The van der Waals surface area contributed by atoms with Crippen molar-refractivity contribution in [1.82, 2.24) is 0 Å². The predicted octanol–water partition coefficient (Wildman–Crippen LogP) is 4.44. The van der Waals surface area contributed by atoms with Crippen LogP contribution in [0.5, 0.6) is 0 Å². The summed E-state index contributed by atoms with van der Waals surface area (Å²) in [6, 6.07) is 0. The second-order valence-electron chi connectivity index (χ2n) is 7.08. The van der Waals surface area contributed by atoms with Gasteiger partial charge in [-0.3, -0.25) is 0 Å². The highest BCUT2D eigenvalue weighted by Gasteiger charge is 2.54. The number of hydrogen-bond donors (Lipinski definition) is 0. The Morgan fingerprint density at radius 3 is 2.12 bits per heavy atom. The van der Waals surface area contributed by atoms with E-state index in [0.717, 1.165) is 41.4 Å². The van der Waals surface area contributed by atoms with Crippen molar-refractivity contribution >= 4 is 0 Å². The van der Waals surface area contributed by atoms with E-state index in [9.17, 15) is 0 Å². The van der Waals surface area contributed by atoms with Gasteiger partial charge < -0.3 is 0 Å². The van der Waals surface area contributed by atoms with Crippen LogP contribution in [0.15, 0.2) is 24.8 Å². The summed E-state index contributed by atoms with van der Waals surface area (Å²) >= 11 is 0. The van der Waals surface area contributed by atoms with Gasteiger partial charge in [-0.2, -0.15) is 0 Å². The van der Waals surface area contributed by atoms with Gasteiger partial charge in [0.05, 0.1) is 0 Å². The Labute approximate surface area is 105 Å². The molecule has 2 bridgehead atoms. The van der Waals surface area contributed by atoms with Crippen LogP contribution in [-0.2, 0) is 0 Å². The zero-order valence-corrected chi connectivity index (χ0v) is 10.7. The van der Waals surface area contributed by atoms with E-state index in [0.29, 0.717) is 0 Å². The third kappa shape index (κ3) is 1.80. The lowest BCUT2D eigenvalue weighted by molar-refractivity contribution is 0.401. The molecule has 0 aromatic carbocycles. The van der Waals surface area contributed by atoms with Crippen molar-refractivity contribution in [3.63, 3.8) is 0 Å². The fourth-order valence-corrected chi connectivity index (χ4v) is 4.71. The largest absolute Gasteiger partial charge is 0.103 e. The molecule has 0 heteroatoms. The van der Waals surface area contributed by atoms with Crippen LogP contribution in [0, 0.1) is 41.4 Å². The highest BCUT2D eigenvalue weighted by Crippen LogP contribution is 2.62. The van der Waals surface area contributed by atoms with Crippen molar-refractivity contribution in [1.29, 1.82) is 0 Å². The normalized spacial score (nSPS) is 55.4. The van der Waals surface area contributed by atoms with Crippen molar-refractivity contribution < 1.29 is 0 Å². The number of fused-ring (bicyclic) bond motifs is 6. The Morgan fingerprint density at radius 2 is 1.59 bits per heavy atom. The van der Waals surface area contributed by atoms with Crippen LogP contribution in [0.1, 0.15) is 38.5 Å². The lowest BCUT2D eigenvalue weighted by atomic mass is 9.90. The third-order valence-corrected chi connectivity index (χ3v) is 6.06. The Morgan fingerprint density at radius 1 is 0.824 bits per heavy atom. The molecule has 0 aromatic rings.